The smallest absolute Gasteiger partial charge is 0.273 e. The number of aryl methyl sites for hydroxylation is 1. The third kappa shape index (κ3) is 4.77. The van der Waals surface area contributed by atoms with Crippen LogP contribution in [0.5, 0.6) is 0 Å². The van der Waals surface area contributed by atoms with Crippen molar-refractivity contribution >= 4 is 37.8 Å². The summed E-state index contributed by atoms with van der Waals surface area (Å²) in [5.74, 6) is 0. The lowest BCUT2D eigenvalue weighted by atomic mass is 10.3. The van der Waals surface area contributed by atoms with Crippen molar-refractivity contribution in [1.82, 2.24) is 10.3 Å². The Labute approximate surface area is 133 Å². The molecule has 0 aliphatic carbocycles. The largest absolute Gasteiger partial charge is 0.316 e. The van der Waals surface area contributed by atoms with E-state index in [-0.39, 0.29) is 0 Å². The van der Waals surface area contributed by atoms with Gasteiger partial charge in [-0.15, -0.1) is 22.7 Å². The molecule has 116 valence electrons. The minimum atomic E-state index is -3.52. The molecule has 0 saturated carbocycles. The molecule has 0 bridgehead atoms. The summed E-state index contributed by atoms with van der Waals surface area (Å²) in [6.45, 7) is 5.81. The van der Waals surface area contributed by atoms with E-state index in [1.807, 2.05) is 18.4 Å². The quantitative estimate of drug-likeness (QED) is 0.722. The van der Waals surface area contributed by atoms with Gasteiger partial charge in [0, 0.05) is 10.3 Å². The van der Waals surface area contributed by atoms with Gasteiger partial charge in [-0.2, -0.15) is 0 Å². The molecule has 2 aromatic rings. The van der Waals surface area contributed by atoms with Crippen molar-refractivity contribution < 1.29 is 8.42 Å². The Bertz CT molecular complexity index is 676. The zero-order chi connectivity index (χ0) is 15.3. The molecular weight excluding hydrogens is 326 g/mol. The molecular formula is C13H19N3O2S3. The topological polar surface area (TPSA) is 71.1 Å². The third-order valence-electron chi connectivity index (χ3n) is 2.72. The molecule has 2 aromatic heterocycles. The second kappa shape index (κ2) is 7.35. The monoisotopic (exact) mass is 345 g/mol. The van der Waals surface area contributed by atoms with Gasteiger partial charge in [-0.3, -0.25) is 4.72 Å². The van der Waals surface area contributed by atoms with E-state index >= 15 is 0 Å². The highest BCUT2D eigenvalue weighted by atomic mass is 32.2. The first kappa shape index (κ1) is 16.4. The zero-order valence-electron chi connectivity index (χ0n) is 12.0. The minimum Gasteiger partial charge on any atom is -0.316 e. The molecule has 2 rings (SSSR count). The van der Waals surface area contributed by atoms with Crippen molar-refractivity contribution in [2.75, 3.05) is 17.8 Å². The van der Waals surface area contributed by atoms with Crippen LogP contribution in [0.15, 0.2) is 21.7 Å². The SMILES string of the molecule is CCCNCCc1ccc(S(=O)(=O)Nc2nc(C)cs2)s1. The van der Waals surface area contributed by atoms with E-state index in [2.05, 4.69) is 21.9 Å². The van der Waals surface area contributed by atoms with Crippen molar-refractivity contribution in [3.05, 3.63) is 28.1 Å². The summed E-state index contributed by atoms with van der Waals surface area (Å²) in [7, 11) is -3.52. The fourth-order valence-electron chi connectivity index (χ4n) is 1.72. The van der Waals surface area contributed by atoms with Crippen molar-refractivity contribution in [3.63, 3.8) is 0 Å². The summed E-state index contributed by atoms with van der Waals surface area (Å²) < 4.78 is 27.4. The van der Waals surface area contributed by atoms with Crippen LogP contribution in [0.25, 0.3) is 0 Å². The minimum absolute atomic E-state index is 0.334. The maximum absolute atomic E-state index is 12.3. The van der Waals surface area contributed by atoms with Gasteiger partial charge >= 0.3 is 0 Å². The first-order valence-corrected chi connectivity index (χ1v) is 9.93. The van der Waals surface area contributed by atoms with Gasteiger partial charge in [-0.05, 0) is 45.0 Å². The number of nitrogens with zero attached hydrogens (tertiary/aromatic N) is 1. The molecule has 0 saturated heterocycles. The van der Waals surface area contributed by atoms with Crippen LogP contribution in [0.3, 0.4) is 0 Å². The molecule has 0 aliphatic rings. The molecule has 0 atom stereocenters. The van der Waals surface area contributed by atoms with Crippen molar-refractivity contribution in [2.24, 2.45) is 0 Å². The summed E-state index contributed by atoms with van der Waals surface area (Å²) >= 11 is 2.60. The number of thiazole rings is 1. The number of thiophene rings is 1. The first-order valence-electron chi connectivity index (χ1n) is 6.75. The number of sulfonamides is 1. The number of hydrogen-bond donors (Lipinski definition) is 2. The molecule has 21 heavy (non-hydrogen) atoms. The maximum atomic E-state index is 12.3. The van der Waals surface area contributed by atoms with Crippen LogP contribution in [0.1, 0.15) is 23.9 Å². The first-order chi connectivity index (χ1) is 10.0. The number of rotatable bonds is 8. The number of anilines is 1. The van der Waals surface area contributed by atoms with E-state index in [0.29, 0.717) is 9.34 Å². The highest BCUT2D eigenvalue weighted by Gasteiger charge is 2.18. The fraction of sp³-hybridized carbons (Fsp3) is 0.462. The van der Waals surface area contributed by atoms with Crippen molar-refractivity contribution in [2.45, 2.75) is 30.9 Å². The predicted octanol–water partition coefficient (Wildman–Crippen LogP) is 2.86. The second-order valence-electron chi connectivity index (χ2n) is 4.62. The summed E-state index contributed by atoms with van der Waals surface area (Å²) in [4.78, 5) is 5.19. The van der Waals surface area contributed by atoms with Gasteiger partial charge in [0.15, 0.2) is 5.13 Å². The van der Waals surface area contributed by atoms with Gasteiger partial charge in [-0.1, -0.05) is 6.92 Å². The average molecular weight is 346 g/mol. The highest BCUT2D eigenvalue weighted by Crippen LogP contribution is 2.25. The number of aromatic nitrogens is 1. The Morgan fingerprint density at radius 2 is 2.10 bits per heavy atom. The number of nitrogens with one attached hydrogen (secondary N) is 2. The van der Waals surface area contributed by atoms with E-state index in [4.69, 9.17) is 0 Å². The molecule has 2 heterocycles. The van der Waals surface area contributed by atoms with Crippen LogP contribution in [-0.4, -0.2) is 26.5 Å². The predicted molar refractivity (Wildman–Crippen MR) is 88.8 cm³/mol. The molecule has 5 nitrogen and oxygen atoms in total. The lowest BCUT2D eigenvalue weighted by Crippen LogP contribution is -2.17. The van der Waals surface area contributed by atoms with Crippen LogP contribution >= 0.6 is 22.7 Å². The van der Waals surface area contributed by atoms with Crippen LogP contribution in [0.4, 0.5) is 5.13 Å². The fourth-order valence-corrected chi connectivity index (χ4v) is 5.01. The van der Waals surface area contributed by atoms with E-state index in [9.17, 15) is 8.42 Å². The maximum Gasteiger partial charge on any atom is 0.273 e. The molecule has 0 aromatic carbocycles. The highest BCUT2D eigenvalue weighted by molar-refractivity contribution is 7.94. The van der Waals surface area contributed by atoms with Gasteiger partial charge in [0.25, 0.3) is 10.0 Å². The third-order valence-corrected chi connectivity index (χ3v) is 6.70. The Morgan fingerprint density at radius 1 is 1.29 bits per heavy atom. The summed E-state index contributed by atoms with van der Waals surface area (Å²) in [5.41, 5.74) is 0.812. The Balaban J connectivity index is 1.98. The van der Waals surface area contributed by atoms with E-state index in [1.54, 1.807) is 6.07 Å². The summed E-state index contributed by atoms with van der Waals surface area (Å²) in [6.07, 6.45) is 1.94. The summed E-state index contributed by atoms with van der Waals surface area (Å²) in [5, 5.41) is 5.53. The summed E-state index contributed by atoms with van der Waals surface area (Å²) in [6, 6.07) is 3.53. The average Bonchev–Trinajstić information content (AvgIpc) is 3.04. The van der Waals surface area contributed by atoms with Gasteiger partial charge in [0.1, 0.15) is 4.21 Å². The lowest BCUT2D eigenvalue weighted by molar-refractivity contribution is 0.603. The van der Waals surface area contributed by atoms with Crippen LogP contribution in [-0.2, 0) is 16.4 Å². The molecule has 0 spiro atoms. The molecule has 8 heteroatoms. The number of hydrogen-bond acceptors (Lipinski definition) is 6. The van der Waals surface area contributed by atoms with Gasteiger partial charge in [-0.25, -0.2) is 13.4 Å². The Hall–Kier alpha value is -0.960. The van der Waals surface area contributed by atoms with Crippen LogP contribution in [0, 0.1) is 6.92 Å². The molecule has 0 aliphatic heterocycles. The molecule has 2 N–H and O–H groups in total. The van der Waals surface area contributed by atoms with Crippen LogP contribution in [0.2, 0.25) is 0 Å². The zero-order valence-corrected chi connectivity index (χ0v) is 14.5. The Morgan fingerprint density at radius 3 is 2.76 bits per heavy atom. The second-order valence-corrected chi connectivity index (χ2v) is 8.56. The van der Waals surface area contributed by atoms with E-state index in [1.165, 1.54) is 22.7 Å². The van der Waals surface area contributed by atoms with E-state index < -0.39 is 10.0 Å². The Kier molecular flexibility index (Phi) is 5.74. The van der Waals surface area contributed by atoms with Crippen molar-refractivity contribution in [3.8, 4) is 0 Å². The normalized spacial score (nSPS) is 11.7. The van der Waals surface area contributed by atoms with Crippen molar-refractivity contribution in [1.29, 1.82) is 0 Å². The van der Waals surface area contributed by atoms with Gasteiger partial charge in [0.05, 0.1) is 5.69 Å². The van der Waals surface area contributed by atoms with Crippen LogP contribution < -0.4 is 10.0 Å². The van der Waals surface area contributed by atoms with Gasteiger partial charge < -0.3 is 5.32 Å². The standard InChI is InChI=1S/C13H19N3O2S3/c1-3-7-14-8-6-11-4-5-12(20-11)21(17,18)16-13-15-10(2)9-19-13/h4-5,9,14H,3,6-8H2,1-2H3,(H,15,16). The lowest BCUT2D eigenvalue weighted by Gasteiger charge is -2.02. The molecule has 0 unspecified atom stereocenters. The van der Waals surface area contributed by atoms with Gasteiger partial charge in [0.2, 0.25) is 0 Å². The molecule has 0 fully saturated rings. The van der Waals surface area contributed by atoms with E-state index in [0.717, 1.165) is 36.5 Å². The molecule has 0 radical (unpaired) electrons. The molecule has 0 amide bonds.